The van der Waals surface area contributed by atoms with Crippen LogP contribution in [-0.2, 0) is 9.53 Å². The molecule has 0 aliphatic rings. The Morgan fingerprint density at radius 3 is 2.50 bits per heavy atom. The number of ether oxygens (including phenoxy) is 1. The Morgan fingerprint density at radius 2 is 1.77 bits per heavy atom. The second-order valence-corrected chi connectivity index (χ2v) is 5.53. The summed E-state index contributed by atoms with van der Waals surface area (Å²) in [5.41, 5.74) is 0.818. The molecule has 0 aliphatic heterocycles. The Labute approximate surface area is 149 Å². The molecule has 2 aromatic rings. The number of hydrogen-bond acceptors (Lipinski definition) is 4. The molecule has 136 valence electrons. The van der Waals surface area contributed by atoms with Crippen LogP contribution in [0.1, 0.15) is 32.7 Å². The lowest BCUT2D eigenvalue weighted by Crippen LogP contribution is -2.27. The molecule has 0 heterocycles. The second-order valence-electron chi connectivity index (χ2n) is 5.53. The molecular formula is C19H17F2NO4. The fourth-order valence-electron chi connectivity index (χ4n) is 2.21. The van der Waals surface area contributed by atoms with Gasteiger partial charge in [0.05, 0.1) is 12.0 Å². The third-order valence-electron chi connectivity index (χ3n) is 3.60. The molecule has 26 heavy (non-hydrogen) atoms. The molecule has 2 rings (SSSR count). The Balaban J connectivity index is 1.77. The van der Waals surface area contributed by atoms with E-state index in [0.29, 0.717) is 5.56 Å². The third kappa shape index (κ3) is 5.20. The first kappa shape index (κ1) is 19.2. The first-order valence-corrected chi connectivity index (χ1v) is 7.86. The molecule has 7 heteroatoms. The van der Waals surface area contributed by atoms with Crippen LogP contribution in [0.2, 0.25) is 0 Å². The van der Waals surface area contributed by atoms with Crippen LogP contribution in [0.4, 0.5) is 8.78 Å². The van der Waals surface area contributed by atoms with Crippen molar-refractivity contribution < 1.29 is 27.9 Å². The summed E-state index contributed by atoms with van der Waals surface area (Å²) < 4.78 is 31.2. The topological polar surface area (TPSA) is 72.5 Å². The lowest BCUT2D eigenvalue weighted by Gasteiger charge is -2.08. The molecule has 0 saturated carbocycles. The number of rotatable bonds is 7. The van der Waals surface area contributed by atoms with E-state index in [1.54, 1.807) is 25.1 Å². The fraction of sp³-hybridized carbons (Fsp3) is 0.211. The molecular weight excluding hydrogens is 344 g/mol. The number of halogens is 2. The molecule has 5 nitrogen and oxygen atoms in total. The van der Waals surface area contributed by atoms with Gasteiger partial charge in [-0.05, 0) is 36.8 Å². The van der Waals surface area contributed by atoms with Crippen molar-refractivity contribution in [2.45, 2.75) is 13.3 Å². The molecule has 0 atom stereocenters. The number of carbonyl (C=O) groups is 3. The molecule has 0 aromatic heterocycles. The molecule has 0 unspecified atom stereocenters. The maximum atomic E-state index is 13.5. The third-order valence-corrected chi connectivity index (χ3v) is 3.60. The average molecular weight is 361 g/mol. The zero-order chi connectivity index (χ0) is 19.1. The molecule has 0 radical (unpaired) electrons. The van der Waals surface area contributed by atoms with Gasteiger partial charge in [0.15, 0.2) is 6.61 Å². The predicted octanol–water partition coefficient (Wildman–Crippen LogP) is 2.82. The number of amides is 1. The number of hydrogen-bond donors (Lipinski definition) is 1. The summed E-state index contributed by atoms with van der Waals surface area (Å²) in [6.07, 6.45) is -0.156. The van der Waals surface area contributed by atoms with Crippen LogP contribution in [0.25, 0.3) is 0 Å². The van der Waals surface area contributed by atoms with Gasteiger partial charge < -0.3 is 10.1 Å². The molecule has 0 bridgehead atoms. The zero-order valence-corrected chi connectivity index (χ0v) is 14.1. The number of nitrogens with one attached hydrogen (secondary N) is 1. The van der Waals surface area contributed by atoms with Crippen LogP contribution in [0, 0.1) is 18.6 Å². The molecule has 0 spiro atoms. The van der Waals surface area contributed by atoms with Crippen molar-refractivity contribution in [2.75, 3.05) is 13.2 Å². The van der Waals surface area contributed by atoms with Crippen LogP contribution in [0.5, 0.6) is 0 Å². The van der Waals surface area contributed by atoms with E-state index in [0.717, 1.165) is 23.8 Å². The van der Waals surface area contributed by atoms with Crippen LogP contribution in [0.15, 0.2) is 42.5 Å². The Hall–Kier alpha value is -3.09. The summed E-state index contributed by atoms with van der Waals surface area (Å²) >= 11 is 0. The largest absolute Gasteiger partial charge is 0.457 e. The van der Waals surface area contributed by atoms with Crippen LogP contribution < -0.4 is 5.32 Å². The van der Waals surface area contributed by atoms with Crippen LogP contribution in [-0.4, -0.2) is 30.8 Å². The van der Waals surface area contributed by atoms with E-state index in [1.807, 2.05) is 6.07 Å². The van der Waals surface area contributed by atoms with E-state index in [1.165, 1.54) is 0 Å². The number of ketones is 1. The maximum absolute atomic E-state index is 13.5. The Kier molecular flexibility index (Phi) is 6.54. The lowest BCUT2D eigenvalue weighted by molar-refractivity contribution is -0.142. The van der Waals surface area contributed by atoms with Gasteiger partial charge in [-0.1, -0.05) is 18.2 Å². The van der Waals surface area contributed by atoms with Gasteiger partial charge in [-0.2, -0.15) is 0 Å². The zero-order valence-electron chi connectivity index (χ0n) is 14.1. The van der Waals surface area contributed by atoms with Crippen molar-refractivity contribution in [1.82, 2.24) is 5.32 Å². The minimum Gasteiger partial charge on any atom is -0.457 e. The SMILES string of the molecule is Cc1ccccc1C(=O)NCCC(=O)OCC(=O)c1cc(F)ccc1F. The molecule has 0 saturated heterocycles. The first-order valence-electron chi connectivity index (χ1n) is 7.86. The number of carbonyl (C=O) groups excluding carboxylic acids is 3. The van der Waals surface area contributed by atoms with Crippen molar-refractivity contribution in [1.29, 1.82) is 0 Å². The highest BCUT2D eigenvalue weighted by Gasteiger charge is 2.15. The van der Waals surface area contributed by atoms with Gasteiger partial charge in [0, 0.05) is 12.1 Å². The molecule has 2 aromatic carbocycles. The van der Waals surface area contributed by atoms with Crippen molar-refractivity contribution in [3.63, 3.8) is 0 Å². The minimum absolute atomic E-state index is 0.0223. The Morgan fingerprint density at radius 1 is 1.04 bits per heavy atom. The molecule has 0 aliphatic carbocycles. The summed E-state index contributed by atoms with van der Waals surface area (Å²) in [5.74, 6) is -3.56. The van der Waals surface area contributed by atoms with Gasteiger partial charge in [0.1, 0.15) is 11.6 Å². The number of Topliss-reactive ketones (excluding diaryl/α,β-unsaturated/α-hetero) is 1. The minimum atomic E-state index is -0.891. The van der Waals surface area contributed by atoms with Gasteiger partial charge in [0.25, 0.3) is 5.91 Å². The second kappa shape index (κ2) is 8.84. The number of benzene rings is 2. The van der Waals surface area contributed by atoms with E-state index < -0.39 is 35.6 Å². The van der Waals surface area contributed by atoms with Crippen molar-refractivity contribution in [3.05, 3.63) is 70.8 Å². The Bertz CT molecular complexity index is 836. The normalized spacial score (nSPS) is 10.3. The van der Waals surface area contributed by atoms with E-state index in [2.05, 4.69) is 5.32 Å². The van der Waals surface area contributed by atoms with E-state index in [9.17, 15) is 23.2 Å². The van der Waals surface area contributed by atoms with E-state index >= 15 is 0 Å². The molecule has 1 amide bonds. The van der Waals surface area contributed by atoms with Crippen molar-refractivity contribution in [2.24, 2.45) is 0 Å². The predicted molar refractivity (Wildman–Crippen MR) is 89.8 cm³/mol. The van der Waals surface area contributed by atoms with Gasteiger partial charge >= 0.3 is 5.97 Å². The van der Waals surface area contributed by atoms with Gasteiger partial charge in [-0.25, -0.2) is 8.78 Å². The standard InChI is InChI=1S/C19H17F2NO4/c1-12-4-2-3-5-14(12)19(25)22-9-8-18(24)26-11-17(23)15-10-13(20)6-7-16(15)21/h2-7,10H,8-9,11H2,1H3,(H,22,25). The number of esters is 1. The van der Waals surface area contributed by atoms with Crippen LogP contribution in [0.3, 0.4) is 0 Å². The highest BCUT2D eigenvalue weighted by Crippen LogP contribution is 2.11. The quantitative estimate of drug-likeness (QED) is 0.608. The van der Waals surface area contributed by atoms with E-state index in [-0.39, 0.29) is 18.9 Å². The highest BCUT2D eigenvalue weighted by atomic mass is 19.1. The summed E-state index contributed by atoms with van der Waals surface area (Å²) in [4.78, 5) is 35.4. The van der Waals surface area contributed by atoms with Gasteiger partial charge in [-0.15, -0.1) is 0 Å². The van der Waals surface area contributed by atoms with Crippen molar-refractivity contribution in [3.8, 4) is 0 Å². The van der Waals surface area contributed by atoms with E-state index in [4.69, 9.17) is 4.74 Å². The monoisotopic (exact) mass is 361 g/mol. The highest BCUT2D eigenvalue weighted by molar-refractivity contribution is 5.98. The summed E-state index contributed by atoms with van der Waals surface area (Å²) in [6.45, 7) is 1.11. The molecule has 0 fully saturated rings. The summed E-state index contributed by atoms with van der Waals surface area (Å²) in [6, 6.07) is 9.44. The first-order chi connectivity index (χ1) is 12.4. The maximum Gasteiger partial charge on any atom is 0.308 e. The summed E-state index contributed by atoms with van der Waals surface area (Å²) in [7, 11) is 0. The van der Waals surface area contributed by atoms with Gasteiger partial charge in [0.2, 0.25) is 5.78 Å². The fourth-order valence-corrected chi connectivity index (χ4v) is 2.21. The smallest absolute Gasteiger partial charge is 0.308 e. The van der Waals surface area contributed by atoms with Gasteiger partial charge in [-0.3, -0.25) is 14.4 Å². The average Bonchev–Trinajstić information content (AvgIpc) is 2.62. The molecule has 1 N–H and O–H groups in total. The summed E-state index contributed by atoms with van der Waals surface area (Å²) in [5, 5.41) is 2.57. The van der Waals surface area contributed by atoms with Crippen molar-refractivity contribution >= 4 is 17.7 Å². The lowest BCUT2D eigenvalue weighted by atomic mass is 10.1. The van der Waals surface area contributed by atoms with Crippen LogP contribution >= 0.6 is 0 Å². The number of aryl methyl sites for hydroxylation is 1.